The van der Waals surface area contributed by atoms with Gasteiger partial charge >= 0.3 is 6.09 Å². The topological polar surface area (TPSA) is 85.7 Å². The molecular weight excluding hydrogens is 416 g/mol. The maximum Gasteiger partial charge on any atom is 0.410 e. The zero-order valence-corrected chi connectivity index (χ0v) is 19.3. The van der Waals surface area contributed by atoms with Crippen LogP contribution in [0.1, 0.15) is 37.9 Å². The van der Waals surface area contributed by atoms with E-state index in [4.69, 9.17) is 4.74 Å². The lowest BCUT2D eigenvalue weighted by molar-refractivity contribution is -0.117. The van der Waals surface area contributed by atoms with Gasteiger partial charge in [-0.1, -0.05) is 60.7 Å². The first-order valence-electron chi connectivity index (χ1n) is 11.0. The van der Waals surface area contributed by atoms with E-state index in [0.717, 1.165) is 11.1 Å². The molecule has 0 saturated carbocycles. The molecule has 172 valence electrons. The highest BCUT2D eigenvalue weighted by Gasteiger charge is 2.26. The Balaban J connectivity index is 1.68. The molecule has 2 aromatic rings. The molecule has 2 amide bonds. The van der Waals surface area contributed by atoms with Gasteiger partial charge in [-0.3, -0.25) is 4.79 Å². The molecule has 33 heavy (non-hydrogen) atoms. The fourth-order valence-electron chi connectivity index (χ4n) is 3.54. The van der Waals surface area contributed by atoms with E-state index in [1.165, 1.54) is 0 Å². The smallest absolute Gasteiger partial charge is 0.410 e. The summed E-state index contributed by atoms with van der Waals surface area (Å²) < 4.78 is 5.42. The highest BCUT2D eigenvalue weighted by atomic mass is 16.6. The van der Waals surface area contributed by atoms with E-state index in [9.17, 15) is 14.9 Å². The number of ether oxygens (including phenoxy) is 1. The van der Waals surface area contributed by atoms with Crippen molar-refractivity contribution in [1.82, 2.24) is 15.1 Å². The molecular formula is C26H30N4O3. The SMILES string of the molecule is CC(C)(C)OC(=O)N1CCN(/C=C(/C#N)C(=O)NC(c2ccccc2)c2ccccc2)CC1. The van der Waals surface area contributed by atoms with Crippen LogP contribution in [0, 0.1) is 11.3 Å². The largest absolute Gasteiger partial charge is 0.444 e. The van der Waals surface area contributed by atoms with E-state index in [2.05, 4.69) is 5.32 Å². The summed E-state index contributed by atoms with van der Waals surface area (Å²) in [6.45, 7) is 7.45. The van der Waals surface area contributed by atoms with Gasteiger partial charge in [-0.15, -0.1) is 0 Å². The van der Waals surface area contributed by atoms with Crippen molar-refractivity contribution in [2.24, 2.45) is 0 Å². The molecule has 1 N–H and O–H groups in total. The number of carbonyl (C=O) groups excluding carboxylic acids is 2. The van der Waals surface area contributed by atoms with Crippen molar-refractivity contribution in [3.05, 3.63) is 83.6 Å². The first-order valence-corrected chi connectivity index (χ1v) is 11.0. The molecule has 3 rings (SSSR count). The zero-order chi connectivity index (χ0) is 23.8. The van der Waals surface area contributed by atoms with Gasteiger partial charge in [0, 0.05) is 32.4 Å². The number of benzene rings is 2. The Morgan fingerprint density at radius 1 is 0.970 bits per heavy atom. The molecule has 7 nitrogen and oxygen atoms in total. The summed E-state index contributed by atoms with van der Waals surface area (Å²) in [5.74, 6) is -0.440. The third kappa shape index (κ3) is 6.84. The lowest BCUT2D eigenvalue weighted by Gasteiger charge is -2.35. The Labute approximate surface area is 195 Å². The van der Waals surface area contributed by atoms with E-state index in [0.29, 0.717) is 26.2 Å². The van der Waals surface area contributed by atoms with Crippen LogP contribution in [-0.2, 0) is 9.53 Å². The lowest BCUT2D eigenvalue weighted by Crippen LogP contribution is -2.48. The number of piperazine rings is 1. The molecule has 7 heteroatoms. The molecule has 1 fully saturated rings. The van der Waals surface area contributed by atoms with Crippen LogP contribution in [0.25, 0.3) is 0 Å². The van der Waals surface area contributed by atoms with Crippen molar-refractivity contribution in [3.8, 4) is 6.07 Å². The second kappa shape index (κ2) is 10.7. The van der Waals surface area contributed by atoms with Crippen molar-refractivity contribution in [2.45, 2.75) is 32.4 Å². The quantitative estimate of drug-likeness (QED) is 0.557. The Bertz CT molecular complexity index is 975. The number of rotatable bonds is 5. The van der Waals surface area contributed by atoms with Crippen LogP contribution in [0.5, 0.6) is 0 Å². The Morgan fingerprint density at radius 3 is 1.94 bits per heavy atom. The molecule has 0 spiro atoms. The average Bonchev–Trinajstić information content (AvgIpc) is 2.81. The number of amides is 2. The molecule has 0 atom stereocenters. The molecule has 0 bridgehead atoms. The summed E-state index contributed by atoms with van der Waals surface area (Å²) in [5.41, 5.74) is 1.34. The fourth-order valence-corrected chi connectivity index (χ4v) is 3.54. The lowest BCUT2D eigenvalue weighted by atomic mass is 9.98. The molecule has 1 aliphatic heterocycles. The van der Waals surface area contributed by atoms with E-state index in [1.807, 2.05) is 92.4 Å². The predicted molar refractivity (Wildman–Crippen MR) is 126 cm³/mol. The van der Waals surface area contributed by atoms with Crippen LogP contribution < -0.4 is 5.32 Å². The molecule has 1 heterocycles. The van der Waals surface area contributed by atoms with Gasteiger partial charge in [0.25, 0.3) is 5.91 Å². The number of carbonyl (C=O) groups is 2. The van der Waals surface area contributed by atoms with Crippen molar-refractivity contribution < 1.29 is 14.3 Å². The van der Waals surface area contributed by atoms with Crippen LogP contribution in [0.3, 0.4) is 0 Å². The van der Waals surface area contributed by atoms with Gasteiger partial charge in [0.05, 0.1) is 6.04 Å². The van der Waals surface area contributed by atoms with Crippen LogP contribution in [0.4, 0.5) is 4.79 Å². The third-order valence-electron chi connectivity index (χ3n) is 5.18. The van der Waals surface area contributed by atoms with Gasteiger partial charge in [-0.05, 0) is 31.9 Å². The summed E-state index contributed by atoms with van der Waals surface area (Å²) in [7, 11) is 0. The normalized spacial score (nSPS) is 14.6. The second-order valence-electron chi connectivity index (χ2n) is 8.89. The number of nitrogens with one attached hydrogen (secondary N) is 1. The number of nitrogens with zero attached hydrogens (tertiary/aromatic N) is 3. The fraction of sp³-hybridized carbons (Fsp3) is 0.346. The number of hydrogen-bond acceptors (Lipinski definition) is 5. The average molecular weight is 447 g/mol. The Kier molecular flexibility index (Phi) is 7.73. The molecule has 0 aliphatic carbocycles. The minimum atomic E-state index is -0.547. The number of hydrogen-bond donors (Lipinski definition) is 1. The van der Waals surface area contributed by atoms with Crippen LogP contribution in [-0.4, -0.2) is 53.6 Å². The van der Waals surface area contributed by atoms with Crippen LogP contribution in [0.2, 0.25) is 0 Å². The van der Waals surface area contributed by atoms with Gasteiger partial charge in [0.2, 0.25) is 0 Å². The molecule has 1 aliphatic rings. The van der Waals surface area contributed by atoms with E-state index >= 15 is 0 Å². The Hall–Kier alpha value is -3.79. The summed E-state index contributed by atoms with van der Waals surface area (Å²) >= 11 is 0. The summed E-state index contributed by atoms with van der Waals surface area (Å²) in [4.78, 5) is 28.8. The minimum absolute atomic E-state index is 0.0255. The van der Waals surface area contributed by atoms with Gasteiger partial charge < -0.3 is 19.9 Å². The monoisotopic (exact) mass is 446 g/mol. The van der Waals surface area contributed by atoms with E-state index in [1.54, 1.807) is 11.1 Å². The number of nitriles is 1. The van der Waals surface area contributed by atoms with E-state index in [-0.39, 0.29) is 17.7 Å². The van der Waals surface area contributed by atoms with Crippen molar-refractivity contribution in [3.63, 3.8) is 0 Å². The second-order valence-corrected chi connectivity index (χ2v) is 8.89. The van der Waals surface area contributed by atoms with E-state index < -0.39 is 11.5 Å². The third-order valence-corrected chi connectivity index (χ3v) is 5.18. The minimum Gasteiger partial charge on any atom is -0.444 e. The van der Waals surface area contributed by atoms with Gasteiger partial charge in [-0.25, -0.2) is 4.79 Å². The van der Waals surface area contributed by atoms with Crippen LogP contribution in [0.15, 0.2) is 72.4 Å². The van der Waals surface area contributed by atoms with Crippen molar-refractivity contribution in [1.29, 1.82) is 5.26 Å². The Morgan fingerprint density at radius 2 is 1.48 bits per heavy atom. The van der Waals surface area contributed by atoms with Crippen molar-refractivity contribution in [2.75, 3.05) is 26.2 Å². The van der Waals surface area contributed by atoms with Crippen molar-refractivity contribution >= 4 is 12.0 Å². The maximum absolute atomic E-state index is 13.0. The highest BCUT2D eigenvalue weighted by molar-refractivity contribution is 5.97. The van der Waals surface area contributed by atoms with Crippen LogP contribution >= 0.6 is 0 Å². The van der Waals surface area contributed by atoms with Gasteiger partial charge in [0.1, 0.15) is 17.2 Å². The maximum atomic E-state index is 13.0. The molecule has 1 saturated heterocycles. The molecule has 0 radical (unpaired) electrons. The highest BCUT2D eigenvalue weighted by Crippen LogP contribution is 2.22. The van der Waals surface area contributed by atoms with Gasteiger partial charge in [0.15, 0.2) is 0 Å². The first-order chi connectivity index (χ1) is 15.8. The molecule has 2 aromatic carbocycles. The standard InChI is InChI=1S/C26H30N4O3/c1-26(2,3)33-25(32)30-16-14-29(15-17-30)19-22(18-27)24(31)28-23(20-10-6-4-7-11-20)21-12-8-5-9-13-21/h4-13,19,23H,14-17H2,1-3H3,(H,28,31)/b22-19-. The molecule has 0 unspecified atom stereocenters. The predicted octanol–water partition coefficient (Wildman–Crippen LogP) is 3.85. The summed E-state index contributed by atoms with van der Waals surface area (Å²) in [5, 5.41) is 12.7. The molecule has 0 aromatic heterocycles. The summed E-state index contributed by atoms with van der Waals surface area (Å²) in [6, 6.07) is 21.0. The van der Waals surface area contributed by atoms with Gasteiger partial charge in [-0.2, -0.15) is 5.26 Å². The first kappa shape index (κ1) is 23.9. The summed E-state index contributed by atoms with van der Waals surface area (Å²) in [6.07, 6.45) is 1.23. The zero-order valence-electron chi connectivity index (χ0n) is 19.3.